The van der Waals surface area contributed by atoms with Gasteiger partial charge in [-0.05, 0) is 41.9 Å². The minimum Gasteiger partial charge on any atom is -0.324 e. The van der Waals surface area contributed by atoms with Gasteiger partial charge in [0.1, 0.15) is 0 Å². The van der Waals surface area contributed by atoms with E-state index in [-0.39, 0.29) is 17.6 Å². The summed E-state index contributed by atoms with van der Waals surface area (Å²) in [5.74, 6) is 0. The van der Waals surface area contributed by atoms with Gasteiger partial charge in [0.05, 0.1) is 9.83 Å². The molecule has 0 radical (unpaired) electrons. The van der Waals surface area contributed by atoms with Crippen LogP contribution in [-0.2, 0) is 0 Å². The fourth-order valence-electron chi connectivity index (χ4n) is 2.18. The minimum absolute atomic E-state index is 0.0584. The number of carbonyl (C=O) groups is 1. The molecule has 0 aromatic carbocycles. The van der Waals surface area contributed by atoms with Crippen molar-refractivity contribution < 1.29 is 4.79 Å². The van der Waals surface area contributed by atoms with Gasteiger partial charge in [0.25, 0.3) is 0 Å². The van der Waals surface area contributed by atoms with E-state index in [1.807, 2.05) is 31.9 Å². The summed E-state index contributed by atoms with van der Waals surface area (Å²) in [7, 11) is 1.85. The molecule has 1 aromatic rings. The normalized spacial score (nSPS) is 20.9. The second kappa shape index (κ2) is 4.83. The fourth-order valence-corrected chi connectivity index (χ4v) is 3.74. The molecule has 1 saturated heterocycles. The van der Waals surface area contributed by atoms with E-state index in [0.717, 1.165) is 3.79 Å². The van der Waals surface area contributed by atoms with Gasteiger partial charge in [0, 0.05) is 30.6 Å². The van der Waals surface area contributed by atoms with E-state index in [2.05, 4.69) is 22.0 Å². The number of thiophene rings is 1. The molecule has 1 aliphatic rings. The van der Waals surface area contributed by atoms with Gasteiger partial charge < -0.3 is 15.5 Å². The molecule has 100 valence electrons. The Kier molecular flexibility index (Phi) is 3.71. The van der Waals surface area contributed by atoms with Crippen LogP contribution < -0.4 is 5.73 Å². The molecule has 0 aliphatic carbocycles. The van der Waals surface area contributed by atoms with Crippen LogP contribution in [0.25, 0.3) is 0 Å². The van der Waals surface area contributed by atoms with Crippen molar-refractivity contribution in [1.82, 2.24) is 9.80 Å². The first-order chi connectivity index (χ1) is 8.28. The van der Waals surface area contributed by atoms with Gasteiger partial charge in [-0.2, -0.15) is 0 Å². The Balaban J connectivity index is 2.14. The van der Waals surface area contributed by atoms with Crippen molar-refractivity contribution in [3.05, 3.63) is 20.8 Å². The third-order valence-corrected chi connectivity index (χ3v) is 4.68. The number of rotatable bonds is 3. The largest absolute Gasteiger partial charge is 0.324 e. The lowest BCUT2D eigenvalue weighted by Crippen LogP contribution is -2.46. The average Bonchev–Trinajstić information content (AvgIpc) is 2.76. The zero-order valence-corrected chi connectivity index (χ0v) is 13.2. The highest BCUT2D eigenvalue weighted by atomic mass is 79.9. The van der Waals surface area contributed by atoms with Crippen molar-refractivity contribution in [2.75, 3.05) is 20.1 Å². The summed E-state index contributed by atoms with van der Waals surface area (Å²) < 4.78 is 1.09. The zero-order valence-electron chi connectivity index (χ0n) is 10.8. The molecule has 2 amide bonds. The summed E-state index contributed by atoms with van der Waals surface area (Å²) >= 11 is 5.14. The molecule has 0 saturated carbocycles. The number of carbonyl (C=O) groups excluding carboxylic acids is 1. The maximum atomic E-state index is 12.2. The molecule has 2 N–H and O–H groups in total. The lowest BCUT2D eigenvalue weighted by atomic mass is 10.1. The lowest BCUT2D eigenvalue weighted by molar-refractivity contribution is 0.188. The maximum absolute atomic E-state index is 12.2. The topological polar surface area (TPSA) is 49.6 Å². The van der Waals surface area contributed by atoms with Crippen LogP contribution in [0.1, 0.15) is 24.8 Å². The first-order valence-corrected chi connectivity index (χ1v) is 7.45. The van der Waals surface area contributed by atoms with Crippen LogP contribution in [0.3, 0.4) is 0 Å². The SMILES string of the molecule is CN1C(=O)N(CC(C)(C)N)CC1c1ccc(Br)s1. The van der Waals surface area contributed by atoms with Crippen LogP contribution >= 0.6 is 27.3 Å². The van der Waals surface area contributed by atoms with Gasteiger partial charge in [0.15, 0.2) is 0 Å². The highest BCUT2D eigenvalue weighted by Gasteiger charge is 2.37. The molecule has 2 heterocycles. The minimum atomic E-state index is -0.360. The van der Waals surface area contributed by atoms with Crippen LogP contribution in [-0.4, -0.2) is 41.5 Å². The van der Waals surface area contributed by atoms with E-state index in [9.17, 15) is 4.79 Å². The molecule has 4 nitrogen and oxygen atoms in total. The van der Waals surface area contributed by atoms with E-state index in [1.54, 1.807) is 16.2 Å². The number of amides is 2. The van der Waals surface area contributed by atoms with Gasteiger partial charge >= 0.3 is 6.03 Å². The Labute approximate surface area is 120 Å². The number of halogens is 1. The highest BCUT2D eigenvalue weighted by Crippen LogP contribution is 2.34. The molecule has 1 aromatic heterocycles. The first-order valence-electron chi connectivity index (χ1n) is 5.84. The molecular formula is C12H18BrN3OS. The Morgan fingerprint density at radius 3 is 2.72 bits per heavy atom. The Hall–Kier alpha value is -0.590. The first kappa shape index (κ1) is 13.8. The third-order valence-electron chi connectivity index (χ3n) is 2.95. The van der Waals surface area contributed by atoms with Crippen molar-refractivity contribution in [1.29, 1.82) is 0 Å². The number of hydrogen-bond donors (Lipinski definition) is 1. The average molecular weight is 332 g/mol. The molecule has 6 heteroatoms. The second-order valence-electron chi connectivity index (χ2n) is 5.42. The number of nitrogens with zero attached hydrogens (tertiary/aromatic N) is 2. The van der Waals surface area contributed by atoms with E-state index < -0.39 is 0 Å². The molecular weight excluding hydrogens is 314 g/mol. The number of nitrogens with two attached hydrogens (primary N) is 1. The standard InChI is InChI=1S/C12H18BrN3OS/c1-12(2,14)7-16-6-8(15(3)11(16)17)9-4-5-10(13)18-9/h4-5,8H,6-7,14H2,1-3H3. The van der Waals surface area contributed by atoms with Crippen LogP contribution in [0.2, 0.25) is 0 Å². The van der Waals surface area contributed by atoms with Gasteiger partial charge in [-0.1, -0.05) is 0 Å². The summed E-state index contributed by atoms with van der Waals surface area (Å²) in [6.07, 6.45) is 0. The molecule has 18 heavy (non-hydrogen) atoms. The lowest BCUT2D eigenvalue weighted by Gasteiger charge is -2.25. The molecule has 1 atom stereocenters. The smallest absolute Gasteiger partial charge is 0.320 e. The van der Waals surface area contributed by atoms with Gasteiger partial charge in [-0.3, -0.25) is 0 Å². The quantitative estimate of drug-likeness (QED) is 0.925. The highest BCUT2D eigenvalue weighted by molar-refractivity contribution is 9.11. The molecule has 1 aliphatic heterocycles. The van der Waals surface area contributed by atoms with Crippen LogP contribution in [0.4, 0.5) is 4.79 Å². The van der Waals surface area contributed by atoms with Gasteiger partial charge in [-0.15, -0.1) is 11.3 Å². The van der Waals surface area contributed by atoms with Crippen molar-refractivity contribution in [3.63, 3.8) is 0 Å². The maximum Gasteiger partial charge on any atom is 0.320 e. The van der Waals surface area contributed by atoms with Crippen LogP contribution in [0.5, 0.6) is 0 Å². The number of hydrogen-bond acceptors (Lipinski definition) is 3. The summed E-state index contributed by atoms with van der Waals surface area (Å²) in [6.45, 7) is 5.17. The molecule has 0 spiro atoms. The van der Waals surface area contributed by atoms with E-state index in [0.29, 0.717) is 13.1 Å². The molecule has 2 rings (SSSR count). The molecule has 0 bridgehead atoms. The van der Waals surface area contributed by atoms with Crippen LogP contribution in [0.15, 0.2) is 15.9 Å². The zero-order chi connectivity index (χ0) is 13.5. The van der Waals surface area contributed by atoms with Crippen LogP contribution in [0, 0.1) is 0 Å². The predicted octanol–water partition coefficient (Wildman–Crippen LogP) is 2.66. The third kappa shape index (κ3) is 2.87. The van der Waals surface area contributed by atoms with Crippen molar-refractivity contribution in [2.45, 2.75) is 25.4 Å². The Morgan fingerprint density at radius 2 is 2.22 bits per heavy atom. The Bertz CT molecular complexity index is 454. The predicted molar refractivity (Wildman–Crippen MR) is 77.8 cm³/mol. The molecule has 1 unspecified atom stereocenters. The van der Waals surface area contributed by atoms with Crippen molar-refractivity contribution >= 4 is 33.3 Å². The molecule has 1 fully saturated rings. The summed E-state index contributed by atoms with van der Waals surface area (Å²) in [6, 6.07) is 4.29. The second-order valence-corrected chi connectivity index (χ2v) is 7.91. The van der Waals surface area contributed by atoms with Gasteiger partial charge in [0.2, 0.25) is 0 Å². The van der Waals surface area contributed by atoms with E-state index in [1.165, 1.54) is 4.88 Å². The van der Waals surface area contributed by atoms with Crippen molar-refractivity contribution in [2.24, 2.45) is 5.73 Å². The summed E-state index contributed by atoms with van der Waals surface area (Å²) in [5, 5.41) is 0. The fraction of sp³-hybridized carbons (Fsp3) is 0.583. The number of likely N-dealkylation sites (N-methyl/N-ethyl adjacent to an activating group) is 1. The van der Waals surface area contributed by atoms with E-state index >= 15 is 0 Å². The van der Waals surface area contributed by atoms with Gasteiger partial charge in [-0.25, -0.2) is 4.79 Å². The monoisotopic (exact) mass is 331 g/mol. The summed E-state index contributed by atoms with van der Waals surface area (Å²) in [5.41, 5.74) is 5.63. The number of urea groups is 1. The van der Waals surface area contributed by atoms with Crippen molar-refractivity contribution in [3.8, 4) is 0 Å². The summed E-state index contributed by atoms with van der Waals surface area (Å²) in [4.78, 5) is 17.0. The Morgan fingerprint density at radius 1 is 1.56 bits per heavy atom. The van der Waals surface area contributed by atoms with E-state index in [4.69, 9.17) is 5.73 Å².